The fourth-order valence-electron chi connectivity index (χ4n) is 3.95. The summed E-state index contributed by atoms with van der Waals surface area (Å²) in [5.41, 5.74) is 6.78. The van der Waals surface area contributed by atoms with Gasteiger partial charge in [-0.25, -0.2) is 14.2 Å². The molecule has 1 aliphatic heterocycles. The summed E-state index contributed by atoms with van der Waals surface area (Å²) in [5, 5.41) is 11.2. The molecule has 0 unspecified atom stereocenters. The normalized spacial score (nSPS) is 14.8. The highest BCUT2D eigenvalue weighted by Gasteiger charge is 2.28. The first-order valence-corrected chi connectivity index (χ1v) is 11.0. The number of carbonyl (C=O) groups is 2. The lowest BCUT2D eigenvalue weighted by Gasteiger charge is -2.31. The van der Waals surface area contributed by atoms with Crippen molar-refractivity contribution in [2.24, 2.45) is 5.73 Å². The minimum atomic E-state index is -0.528. The number of hydrogen-bond acceptors (Lipinski definition) is 7. The second-order valence-electron chi connectivity index (χ2n) is 7.67. The van der Waals surface area contributed by atoms with Crippen molar-refractivity contribution in [2.75, 3.05) is 13.1 Å². The summed E-state index contributed by atoms with van der Waals surface area (Å²) < 4.78 is 2.94. The van der Waals surface area contributed by atoms with Crippen LogP contribution in [0.25, 0.3) is 11.5 Å². The summed E-state index contributed by atoms with van der Waals surface area (Å²) in [6.07, 6.45) is 4.69. The van der Waals surface area contributed by atoms with E-state index in [-0.39, 0.29) is 29.0 Å². The standard InChI is InChI=1S/C20H20N8O3S/c1-11-13(9-22-28(11)20-24-17(30)15-3-2-6-27(15)25-20)19(31)26-7-4-12(5-8-26)18-23-14(10-32-18)16(21)29/h2-3,6,9-10,12H,4-5,7-8H2,1H3,(H2,21,29)(H,24,25,30). The van der Waals surface area contributed by atoms with Crippen LogP contribution in [0.4, 0.5) is 0 Å². The van der Waals surface area contributed by atoms with Gasteiger partial charge in [0.2, 0.25) is 5.95 Å². The largest absolute Gasteiger partial charge is 0.364 e. The van der Waals surface area contributed by atoms with Gasteiger partial charge in [-0.1, -0.05) is 0 Å². The Morgan fingerprint density at radius 2 is 2.06 bits per heavy atom. The van der Waals surface area contributed by atoms with E-state index in [4.69, 9.17) is 5.73 Å². The van der Waals surface area contributed by atoms with Gasteiger partial charge < -0.3 is 10.6 Å². The summed E-state index contributed by atoms with van der Waals surface area (Å²) in [6.45, 7) is 2.92. The van der Waals surface area contributed by atoms with Gasteiger partial charge in [-0.05, 0) is 31.9 Å². The lowest BCUT2D eigenvalue weighted by atomic mass is 9.97. The Bertz CT molecular complexity index is 1390. The highest BCUT2D eigenvalue weighted by Crippen LogP contribution is 2.31. The number of likely N-dealkylation sites (tertiary alicyclic amines) is 1. The molecule has 1 saturated heterocycles. The number of aromatic amines is 1. The van der Waals surface area contributed by atoms with Crippen molar-refractivity contribution in [2.45, 2.75) is 25.7 Å². The number of H-pyrrole nitrogens is 1. The van der Waals surface area contributed by atoms with Gasteiger partial charge in [-0.3, -0.25) is 19.4 Å². The van der Waals surface area contributed by atoms with Crippen molar-refractivity contribution in [3.63, 3.8) is 0 Å². The zero-order valence-corrected chi connectivity index (χ0v) is 18.0. The van der Waals surface area contributed by atoms with Crippen LogP contribution in [0.2, 0.25) is 0 Å². The fourth-order valence-corrected chi connectivity index (χ4v) is 4.93. The average Bonchev–Trinajstić information content (AvgIpc) is 3.53. The number of thiazole rings is 1. The molecule has 3 N–H and O–H groups in total. The van der Waals surface area contributed by atoms with Crippen LogP contribution in [0.3, 0.4) is 0 Å². The molecule has 164 valence electrons. The lowest BCUT2D eigenvalue weighted by molar-refractivity contribution is 0.0712. The molecule has 1 fully saturated rings. The molecule has 4 aromatic rings. The minimum absolute atomic E-state index is 0.117. The Labute approximate surface area is 185 Å². The van der Waals surface area contributed by atoms with Crippen molar-refractivity contribution >= 4 is 28.7 Å². The molecule has 0 atom stereocenters. The van der Waals surface area contributed by atoms with Crippen LogP contribution >= 0.6 is 11.3 Å². The van der Waals surface area contributed by atoms with Gasteiger partial charge in [0.25, 0.3) is 17.4 Å². The second kappa shape index (κ2) is 7.71. The van der Waals surface area contributed by atoms with Crippen LogP contribution in [0.5, 0.6) is 0 Å². The second-order valence-corrected chi connectivity index (χ2v) is 8.56. The molecule has 0 aromatic carbocycles. The van der Waals surface area contributed by atoms with E-state index in [0.29, 0.717) is 29.9 Å². The maximum atomic E-state index is 13.1. The van der Waals surface area contributed by atoms with Crippen molar-refractivity contribution < 1.29 is 9.59 Å². The van der Waals surface area contributed by atoms with Gasteiger partial charge in [-0.2, -0.15) is 5.10 Å². The first kappa shape index (κ1) is 20.1. The van der Waals surface area contributed by atoms with E-state index >= 15 is 0 Å². The van der Waals surface area contributed by atoms with Gasteiger partial charge in [0.15, 0.2) is 0 Å². The van der Waals surface area contributed by atoms with Crippen molar-refractivity contribution in [1.82, 2.24) is 34.3 Å². The summed E-state index contributed by atoms with van der Waals surface area (Å²) in [4.78, 5) is 45.5. The number of hydrogen-bond donors (Lipinski definition) is 2. The summed E-state index contributed by atoms with van der Waals surface area (Å²) in [5.74, 6) is -0.209. The maximum Gasteiger partial charge on any atom is 0.276 e. The predicted octanol–water partition coefficient (Wildman–Crippen LogP) is 1.09. The van der Waals surface area contributed by atoms with E-state index in [1.807, 2.05) is 0 Å². The van der Waals surface area contributed by atoms with Gasteiger partial charge in [0.1, 0.15) is 11.2 Å². The molecule has 32 heavy (non-hydrogen) atoms. The van der Waals surface area contributed by atoms with Crippen LogP contribution in [0.1, 0.15) is 50.3 Å². The van der Waals surface area contributed by atoms with Crippen LogP contribution < -0.4 is 11.3 Å². The molecule has 5 heterocycles. The Hall–Kier alpha value is -3.80. The Morgan fingerprint density at radius 3 is 2.78 bits per heavy atom. The first-order valence-electron chi connectivity index (χ1n) is 10.1. The molecule has 5 rings (SSSR count). The zero-order chi connectivity index (χ0) is 22.4. The van der Waals surface area contributed by atoms with E-state index < -0.39 is 5.91 Å². The van der Waals surface area contributed by atoms with Crippen molar-refractivity contribution in [1.29, 1.82) is 0 Å². The van der Waals surface area contributed by atoms with Crippen molar-refractivity contribution in [3.05, 3.63) is 62.2 Å². The smallest absolute Gasteiger partial charge is 0.276 e. The highest BCUT2D eigenvalue weighted by molar-refractivity contribution is 7.09. The van der Waals surface area contributed by atoms with E-state index in [1.54, 1.807) is 35.5 Å². The van der Waals surface area contributed by atoms with Gasteiger partial charge in [0, 0.05) is 30.6 Å². The number of aromatic nitrogens is 6. The number of piperidine rings is 1. The minimum Gasteiger partial charge on any atom is -0.364 e. The number of fused-ring (bicyclic) bond motifs is 1. The molecule has 1 aliphatic rings. The number of nitrogens with one attached hydrogen (secondary N) is 1. The molecule has 11 nitrogen and oxygen atoms in total. The molecule has 2 amide bonds. The van der Waals surface area contributed by atoms with Crippen LogP contribution in [0.15, 0.2) is 34.7 Å². The molecule has 0 saturated carbocycles. The molecule has 0 aliphatic carbocycles. The molecule has 4 aromatic heterocycles. The van der Waals surface area contributed by atoms with E-state index in [0.717, 1.165) is 17.8 Å². The average molecular weight is 453 g/mol. The van der Waals surface area contributed by atoms with E-state index in [2.05, 4.69) is 20.2 Å². The van der Waals surface area contributed by atoms with E-state index in [9.17, 15) is 14.4 Å². The lowest BCUT2D eigenvalue weighted by Crippen LogP contribution is -2.38. The van der Waals surface area contributed by atoms with Crippen LogP contribution in [0, 0.1) is 6.92 Å². The first-order chi connectivity index (χ1) is 15.4. The predicted molar refractivity (Wildman–Crippen MR) is 116 cm³/mol. The molecule has 0 spiro atoms. The molecule has 0 radical (unpaired) electrons. The molecule has 12 heteroatoms. The summed E-state index contributed by atoms with van der Waals surface area (Å²) in [7, 11) is 0. The number of primary amides is 1. The maximum absolute atomic E-state index is 13.1. The molecule has 0 bridgehead atoms. The van der Waals surface area contributed by atoms with Crippen LogP contribution in [-0.4, -0.2) is 59.2 Å². The van der Waals surface area contributed by atoms with Gasteiger partial charge in [-0.15, -0.1) is 16.4 Å². The fraction of sp³-hybridized carbons (Fsp3) is 0.300. The summed E-state index contributed by atoms with van der Waals surface area (Å²) >= 11 is 1.43. The highest BCUT2D eigenvalue weighted by atomic mass is 32.1. The Balaban J connectivity index is 1.32. The number of amides is 2. The van der Waals surface area contributed by atoms with E-state index in [1.165, 1.54) is 26.7 Å². The molecular formula is C20H20N8O3S. The Morgan fingerprint density at radius 1 is 1.28 bits per heavy atom. The number of nitrogens with zero attached hydrogens (tertiary/aromatic N) is 6. The molecular weight excluding hydrogens is 432 g/mol. The third-order valence-corrected chi connectivity index (χ3v) is 6.74. The SMILES string of the molecule is Cc1c(C(=O)N2CCC(c3nc(C(N)=O)cs3)CC2)cnn1-c1nn2cccc2c(=O)[nH]1. The van der Waals surface area contributed by atoms with Gasteiger partial charge in [0.05, 0.1) is 22.5 Å². The Kier molecular flexibility index (Phi) is 4.85. The third-order valence-electron chi connectivity index (χ3n) is 5.74. The number of nitrogens with two attached hydrogens (primary N) is 1. The van der Waals surface area contributed by atoms with Crippen LogP contribution in [-0.2, 0) is 0 Å². The van der Waals surface area contributed by atoms with Crippen molar-refractivity contribution in [3.8, 4) is 5.95 Å². The zero-order valence-electron chi connectivity index (χ0n) is 17.2. The number of carbonyl (C=O) groups excluding carboxylic acids is 2. The third kappa shape index (κ3) is 3.38. The summed E-state index contributed by atoms with van der Waals surface area (Å²) in [6, 6.07) is 3.40. The van der Waals surface area contributed by atoms with Gasteiger partial charge >= 0.3 is 0 Å². The topological polar surface area (TPSA) is 144 Å². The quantitative estimate of drug-likeness (QED) is 0.474. The number of rotatable bonds is 4. The monoisotopic (exact) mass is 452 g/mol.